The lowest BCUT2D eigenvalue weighted by Gasteiger charge is -2.32. The van der Waals surface area contributed by atoms with E-state index >= 15 is 0 Å². The van der Waals surface area contributed by atoms with Gasteiger partial charge >= 0.3 is 0 Å². The first kappa shape index (κ1) is 14.2. The van der Waals surface area contributed by atoms with E-state index in [2.05, 4.69) is 37.4 Å². The molecule has 1 N–H and O–H groups in total. The van der Waals surface area contributed by atoms with Crippen LogP contribution in [0.2, 0.25) is 0 Å². The summed E-state index contributed by atoms with van der Waals surface area (Å²) in [6.07, 6.45) is 7.77. The maximum Gasteiger partial charge on any atom is 0.121 e. The van der Waals surface area contributed by atoms with Crippen LogP contribution in [0.5, 0.6) is 5.75 Å². The average molecular weight is 261 g/mol. The summed E-state index contributed by atoms with van der Waals surface area (Å²) in [6.45, 7) is 5.24. The van der Waals surface area contributed by atoms with E-state index < -0.39 is 0 Å². The lowest BCUT2D eigenvalue weighted by Crippen LogP contribution is -2.31. The smallest absolute Gasteiger partial charge is 0.121 e. The highest BCUT2D eigenvalue weighted by atomic mass is 16.5. The summed E-state index contributed by atoms with van der Waals surface area (Å²) in [4.78, 5) is 0. The molecule has 0 aliphatic heterocycles. The van der Waals surface area contributed by atoms with Crippen LogP contribution in [0.4, 0.5) is 5.69 Å². The zero-order valence-electron chi connectivity index (χ0n) is 12.3. The summed E-state index contributed by atoms with van der Waals surface area (Å²) in [5.41, 5.74) is 1.21. The quantitative estimate of drug-likeness (QED) is 0.790. The van der Waals surface area contributed by atoms with Gasteiger partial charge in [0.1, 0.15) is 5.75 Å². The second-order valence-electron chi connectivity index (χ2n) is 5.58. The number of nitrogens with one attached hydrogen (secondary N) is 1. The van der Waals surface area contributed by atoms with Gasteiger partial charge in [0, 0.05) is 17.8 Å². The Morgan fingerprint density at radius 1 is 1.21 bits per heavy atom. The molecule has 0 bridgehead atoms. The first-order valence-corrected chi connectivity index (χ1v) is 7.83. The van der Waals surface area contributed by atoms with Crippen molar-refractivity contribution in [1.29, 1.82) is 0 Å². The maximum atomic E-state index is 5.70. The predicted octanol–water partition coefficient (Wildman–Crippen LogP) is 4.86. The normalized spacial score (nSPS) is 23.1. The Morgan fingerprint density at radius 2 is 2.05 bits per heavy atom. The minimum absolute atomic E-state index is 0.639. The fourth-order valence-corrected chi connectivity index (χ4v) is 3.00. The molecule has 1 fully saturated rings. The van der Waals surface area contributed by atoms with Gasteiger partial charge in [-0.05, 0) is 37.3 Å². The molecule has 2 unspecified atom stereocenters. The lowest BCUT2D eigenvalue weighted by atomic mass is 9.83. The number of benzene rings is 1. The standard InChI is InChI=1S/C17H27NO/c1-3-12-19-16-10-7-9-15(13-16)18-17-11-6-5-8-14(17)4-2/h7,9-10,13-14,17-18H,3-6,8,11-12H2,1-2H3. The molecule has 1 aromatic carbocycles. The van der Waals surface area contributed by atoms with Gasteiger partial charge in [0.2, 0.25) is 0 Å². The van der Waals surface area contributed by atoms with Crippen molar-refractivity contribution in [3.05, 3.63) is 24.3 Å². The van der Waals surface area contributed by atoms with Crippen molar-refractivity contribution in [2.75, 3.05) is 11.9 Å². The third-order valence-corrected chi connectivity index (χ3v) is 4.09. The fourth-order valence-electron chi connectivity index (χ4n) is 3.00. The SMILES string of the molecule is CCCOc1cccc(NC2CCCCC2CC)c1. The summed E-state index contributed by atoms with van der Waals surface area (Å²) in [7, 11) is 0. The molecule has 19 heavy (non-hydrogen) atoms. The van der Waals surface area contributed by atoms with Crippen LogP contribution < -0.4 is 10.1 Å². The number of rotatable bonds is 6. The number of hydrogen-bond acceptors (Lipinski definition) is 2. The van der Waals surface area contributed by atoms with Crippen LogP contribution in [0, 0.1) is 5.92 Å². The van der Waals surface area contributed by atoms with Gasteiger partial charge in [0.15, 0.2) is 0 Å². The Hall–Kier alpha value is -1.18. The highest BCUT2D eigenvalue weighted by Gasteiger charge is 2.23. The van der Waals surface area contributed by atoms with E-state index in [1.807, 2.05) is 6.07 Å². The highest BCUT2D eigenvalue weighted by Crippen LogP contribution is 2.30. The van der Waals surface area contributed by atoms with Crippen LogP contribution in [-0.4, -0.2) is 12.6 Å². The van der Waals surface area contributed by atoms with E-state index in [1.165, 1.54) is 37.8 Å². The van der Waals surface area contributed by atoms with Crippen LogP contribution in [0.3, 0.4) is 0 Å². The molecule has 0 saturated heterocycles. The van der Waals surface area contributed by atoms with E-state index in [9.17, 15) is 0 Å². The monoisotopic (exact) mass is 261 g/mol. The summed E-state index contributed by atoms with van der Waals surface area (Å²) < 4.78 is 5.70. The van der Waals surface area contributed by atoms with Crippen molar-refractivity contribution in [1.82, 2.24) is 0 Å². The third-order valence-electron chi connectivity index (χ3n) is 4.09. The molecule has 2 nitrogen and oxygen atoms in total. The number of ether oxygens (including phenoxy) is 1. The Labute approximate surface area is 117 Å². The first-order valence-electron chi connectivity index (χ1n) is 7.83. The molecule has 1 aromatic rings. The van der Waals surface area contributed by atoms with Crippen molar-refractivity contribution in [3.8, 4) is 5.75 Å². The molecule has 0 heterocycles. The van der Waals surface area contributed by atoms with Crippen molar-refractivity contribution >= 4 is 5.69 Å². The van der Waals surface area contributed by atoms with Gasteiger partial charge in [0.05, 0.1) is 6.61 Å². The molecular formula is C17H27NO. The van der Waals surface area contributed by atoms with Gasteiger partial charge in [-0.2, -0.15) is 0 Å². The van der Waals surface area contributed by atoms with Crippen molar-refractivity contribution in [2.24, 2.45) is 5.92 Å². The van der Waals surface area contributed by atoms with Gasteiger partial charge in [-0.3, -0.25) is 0 Å². The van der Waals surface area contributed by atoms with Crippen molar-refractivity contribution < 1.29 is 4.74 Å². The molecule has 2 rings (SSSR count). The van der Waals surface area contributed by atoms with Crippen LogP contribution in [-0.2, 0) is 0 Å². The average Bonchev–Trinajstić information content (AvgIpc) is 2.46. The van der Waals surface area contributed by atoms with Gasteiger partial charge in [0.25, 0.3) is 0 Å². The van der Waals surface area contributed by atoms with Gasteiger partial charge < -0.3 is 10.1 Å². The second kappa shape index (κ2) is 7.42. The minimum Gasteiger partial charge on any atom is -0.494 e. The summed E-state index contributed by atoms with van der Waals surface area (Å²) in [5.74, 6) is 1.81. The predicted molar refractivity (Wildman–Crippen MR) is 81.9 cm³/mol. The topological polar surface area (TPSA) is 21.3 Å². The van der Waals surface area contributed by atoms with Gasteiger partial charge in [-0.15, -0.1) is 0 Å². The molecule has 1 saturated carbocycles. The number of anilines is 1. The molecule has 1 aliphatic carbocycles. The van der Waals surface area contributed by atoms with Crippen LogP contribution in [0.25, 0.3) is 0 Å². The van der Waals surface area contributed by atoms with E-state index in [0.717, 1.165) is 24.7 Å². The molecule has 2 heteroatoms. The zero-order chi connectivity index (χ0) is 13.5. The first-order chi connectivity index (χ1) is 9.33. The molecule has 1 aliphatic rings. The molecule has 0 radical (unpaired) electrons. The minimum atomic E-state index is 0.639. The Bertz CT molecular complexity index is 377. The molecular weight excluding hydrogens is 234 g/mol. The molecule has 0 spiro atoms. The number of hydrogen-bond donors (Lipinski definition) is 1. The molecule has 2 atom stereocenters. The zero-order valence-corrected chi connectivity index (χ0v) is 12.3. The molecule has 0 aromatic heterocycles. The fraction of sp³-hybridized carbons (Fsp3) is 0.647. The van der Waals surface area contributed by atoms with E-state index in [0.29, 0.717) is 6.04 Å². The van der Waals surface area contributed by atoms with Crippen LogP contribution in [0.1, 0.15) is 52.4 Å². The Morgan fingerprint density at radius 3 is 2.84 bits per heavy atom. The van der Waals surface area contributed by atoms with E-state index in [4.69, 9.17) is 4.74 Å². The van der Waals surface area contributed by atoms with Crippen LogP contribution >= 0.6 is 0 Å². The second-order valence-corrected chi connectivity index (χ2v) is 5.58. The molecule has 0 amide bonds. The van der Waals surface area contributed by atoms with Gasteiger partial charge in [-0.1, -0.05) is 39.2 Å². The Balaban J connectivity index is 1.97. The summed E-state index contributed by atoms with van der Waals surface area (Å²) in [6, 6.07) is 9.05. The largest absolute Gasteiger partial charge is 0.494 e. The van der Waals surface area contributed by atoms with E-state index in [-0.39, 0.29) is 0 Å². The third kappa shape index (κ3) is 4.15. The Kier molecular flexibility index (Phi) is 5.56. The van der Waals surface area contributed by atoms with Crippen LogP contribution in [0.15, 0.2) is 24.3 Å². The maximum absolute atomic E-state index is 5.70. The lowest BCUT2D eigenvalue weighted by molar-refractivity contribution is 0.314. The summed E-state index contributed by atoms with van der Waals surface area (Å²) >= 11 is 0. The van der Waals surface area contributed by atoms with Crippen molar-refractivity contribution in [3.63, 3.8) is 0 Å². The van der Waals surface area contributed by atoms with E-state index in [1.54, 1.807) is 0 Å². The molecule has 106 valence electrons. The highest BCUT2D eigenvalue weighted by molar-refractivity contribution is 5.49. The van der Waals surface area contributed by atoms with Crippen molar-refractivity contribution in [2.45, 2.75) is 58.4 Å². The summed E-state index contributed by atoms with van der Waals surface area (Å²) in [5, 5.41) is 3.72. The van der Waals surface area contributed by atoms with Gasteiger partial charge in [-0.25, -0.2) is 0 Å².